The molecule has 2 amide bonds. The van der Waals surface area contributed by atoms with Gasteiger partial charge in [-0.05, 0) is 25.0 Å². The first-order chi connectivity index (χ1) is 12.8. The quantitative estimate of drug-likeness (QED) is 0.888. The number of carbonyl (C=O) groups is 1. The van der Waals surface area contributed by atoms with Crippen molar-refractivity contribution >= 4 is 28.2 Å². The van der Waals surface area contributed by atoms with Crippen molar-refractivity contribution in [1.82, 2.24) is 15.1 Å². The Labute approximate surface area is 158 Å². The van der Waals surface area contributed by atoms with Crippen molar-refractivity contribution in [3.8, 4) is 0 Å². The van der Waals surface area contributed by atoms with E-state index < -0.39 is 0 Å². The van der Waals surface area contributed by atoms with E-state index in [4.69, 9.17) is 0 Å². The normalized spacial score (nSPS) is 18.8. The molecule has 1 aliphatic heterocycles. The third-order valence-electron chi connectivity index (χ3n) is 5.25. The van der Waals surface area contributed by atoms with Crippen LogP contribution in [0.3, 0.4) is 0 Å². The zero-order chi connectivity index (χ0) is 17.8. The van der Waals surface area contributed by atoms with Crippen LogP contribution in [-0.4, -0.2) is 47.3 Å². The third-order valence-corrected chi connectivity index (χ3v) is 6.39. The second-order valence-electron chi connectivity index (χ2n) is 7.03. The number of benzene rings is 1. The number of rotatable bonds is 3. The van der Waals surface area contributed by atoms with Crippen LogP contribution in [0.1, 0.15) is 43.0 Å². The van der Waals surface area contributed by atoms with Crippen molar-refractivity contribution in [3.63, 3.8) is 0 Å². The minimum atomic E-state index is -0.0315. The maximum Gasteiger partial charge on any atom is 0.321 e. The van der Waals surface area contributed by atoms with E-state index in [1.165, 1.54) is 37.1 Å². The summed E-state index contributed by atoms with van der Waals surface area (Å²) in [5.41, 5.74) is 0.834. The number of para-hydroxylation sites is 1. The monoisotopic (exact) mass is 371 g/mol. The Morgan fingerprint density at radius 3 is 2.46 bits per heavy atom. The highest BCUT2D eigenvalue weighted by Crippen LogP contribution is 2.36. The number of carbonyl (C=O) groups excluding carboxylic acids is 1. The fraction of sp³-hybridized carbons (Fsp3) is 0.526. The molecule has 2 heterocycles. The summed E-state index contributed by atoms with van der Waals surface area (Å²) in [6.07, 6.45) is 6.49. The molecule has 0 radical (unpaired) electrons. The van der Waals surface area contributed by atoms with E-state index in [9.17, 15) is 4.79 Å². The van der Waals surface area contributed by atoms with Gasteiger partial charge in [-0.2, -0.15) is 0 Å². The van der Waals surface area contributed by atoms with Gasteiger partial charge in [-0.1, -0.05) is 48.8 Å². The van der Waals surface area contributed by atoms with Crippen LogP contribution in [-0.2, 0) is 0 Å². The van der Waals surface area contributed by atoms with Crippen LogP contribution in [0.25, 0.3) is 0 Å². The van der Waals surface area contributed by atoms with E-state index >= 15 is 0 Å². The second-order valence-corrected chi connectivity index (χ2v) is 8.02. The van der Waals surface area contributed by atoms with E-state index in [0.717, 1.165) is 23.9 Å². The van der Waals surface area contributed by atoms with Gasteiger partial charge in [-0.15, -0.1) is 10.2 Å². The number of nitrogens with zero attached hydrogens (tertiary/aromatic N) is 4. The zero-order valence-corrected chi connectivity index (χ0v) is 15.7. The lowest BCUT2D eigenvalue weighted by Crippen LogP contribution is -2.50. The Bertz CT molecular complexity index is 721. The number of hydrogen-bond acceptors (Lipinski definition) is 5. The molecule has 0 unspecified atom stereocenters. The standard InChI is InChI=1S/C19H25N5OS/c25-18(20-16-9-5-2-6-10-16)23-11-13-24(14-12-23)19-22-21-17(26-19)15-7-3-1-4-8-15/h2,5-6,9-10,15H,1,3-4,7-8,11-14H2,(H,20,25). The summed E-state index contributed by atoms with van der Waals surface area (Å²) in [4.78, 5) is 16.5. The number of piperazine rings is 1. The molecule has 1 aliphatic carbocycles. The predicted molar refractivity (Wildman–Crippen MR) is 105 cm³/mol. The molecule has 0 atom stereocenters. The van der Waals surface area contributed by atoms with E-state index in [1.807, 2.05) is 35.2 Å². The Kier molecular flexibility index (Phi) is 5.34. The highest BCUT2D eigenvalue weighted by molar-refractivity contribution is 7.15. The van der Waals surface area contributed by atoms with Gasteiger partial charge in [0, 0.05) is 37.8 Å². The fourth-order valence-corrected chi connectivity index (χ4v) is 4.76. The Hall–Kier alpha value is -2.15. The summed E-state index contributed by atoms with van der Waals surface area (Å²) >= 11 is 1.74. The van der Waals surface area contributed by atoms with Gasteiger partial charge >= 0.3 is 6.03 Å². The van der Waals surface area contributed by atoms with Gasteiger partial charge in [0.25, 0.3) is 0 Å². The van der Waals surface area contributed by atoms with Gasteiger partial charge in [0.2, 0.25) is 5.13 Å². The minimum absolute atomic E-state index is 0.0315. The SMILES string of the molecule is O=C(Nc1ccccc1)N1CCN(c2nnc(C3CCCCC3)s2)CC1. The molecule has 0 spiro atoms. The molecule has 26 heavy (non-hydrogen) atoms. The summed E-state index contributed by atoms with van der Waals surface area (Å²) in [6.45, 7) is 3.02. The van der Waals surface area contributed by atoms with Crippen molar-refractivity contribution in [3.05, 3.63) is 35.3 Å². The molecule has 1 N–H and O–H groups in total. The molecule has 4 rings (SSSR count). The summed E-state index contributed by atoms with van der Waals surface area (Å²) in [6, 6.07) is 9.57. The molecule has 2 aliphatic rings. The van der Waals surface area contributed by atoms with Crippen LogP contribution in [0.2, 0.25) is 0 Å². The van der Waals surface area contributed by atoms with E-state index in [-0.39, 0.29) is 6.03 Å². The molecule has 2 fully saturated rings. The Morgan fingerprint density at radius 1 is 1.00 bits per heavy atom. The number of anilines is 2. The van der Waals surface area contributed by atoms with Gasteiger partial charge in [0.05, 0.1) is 0 Å². The largest absolute Gasteiger partial charge is 0.343 e. The second kappa shape index (κ2) is 8.03. The van der Waals surface area contributed by atoms with Gasteiger partial charge in [-0.3, -0.25) is 0 Å². The summed E-state index contributed by atoms with van der Waals surface area (Å²) in [5.74, 6) is 0.605. The fourth-order valence-electron chi connectivity index (χ4n) is 3.69. The van der Waals surface area contributed by atoms with E-state index in [2.05, 4.69) is 20.4 Å². The lowest BCUT2D eigenvalue weighted by atomic mass is 9.90. The lowest BCUT2D eigenvalue weighted by Gasteiger charge is -2.34. The maximum absolute atomic E-state index is 12.4. The number of hydrogen-bond donors (Lipinski definition) is 1. The van der Waals surface area contributed by atoms with Crippen LogP contribution in [0, 0.1) is 0 Å². The molecule has 138 valence electrons. The van der Waals surface area contributed by atoms with Gasteiger partial charge < -0.3 is 15.1 Å². The zero-order valence-electron chi connectivity index (χ0n) is 14.9. The van der Waals surface area contributed by atoms with Crippen LogP contribution in [0.15, 0.2) is 30.3 Å². The molecule has 1 saturated heterocycles. The summed E-state index contributed by atoms with van der Waals surface area (Å²) in [5, 5.41) is 14.0. The molecular weight excluding hydrogens is 346 g/mol. The van der Waals surface area contributed by atoms with Crippen LogP contribution >= 0.6 is 11.3 Å². The van der Waals surface area contributed by atoms with Crippen LogP contribution in [0.4, 0.5) is 15.6 Å². The molecule has 1 aromatic carbocycles. The van der Waals surface area contributed by atoms with E-state index in [0.29, 0.717) is 19.0 Å². The number of urea groups is 1. The lowest BCUT2D eigenvalue weighted by molar-refractivity contribution is 0.208. The first-order valence-electron chi connectivity index (χ1n) is 9.49. The summed E-state index contributed by atoms with van der Waals surface area (Å²) < 4.78 is 0. The Morgan fingerprint density at radius 2 is 1.73 bits per heavy atom. The highest BCUT2D eigenvalue weighted by atomic mass is 32.1. The smallest absolute Gasteiger partial charge is 0.321 e. The molecule has 6 nitrogen and oxygen atoms in total. The highest BCUT2D eigenvalue weighted by Gasteiger charge is 2.25. The number of amides is 2. The molecule has 2 aromatic rings. The Balaban J connectivity index is 1.31. The first-order valence-corrected chi connectivity index (χ1v) is 10.3. The number of aromatic nitrogens is 2. The average Bonchev–Trinajstić information content (AvgIpc) is 3.20. The van der Waals surface area contributed by atoms with Gasteiger partial charge in [0.15, 0.2) is 0 Å². The molecule has 1 aromatic heterocycles. The predicted octanol–water partition coefficient (Wildman–Crippen LogP) is 3.94. The van der Waals surface area contributed by atoms with Crippen molar-refractivity contribution in [1.29, 1.82) is 0 Å². The average molecular weight is 372 g/mol. The van der Waals surface area contributed by atoms with Crippen molar-refractivity contribution in [2.75, 3.05) is 36.4 Å². The topological polar surface area (TPSA) is 61.4 Å². The van der Waals surface area contributed by atoms with Crippen molar-refractivity contribution < 1.29 is 4.79 Å². The van der Waals surface area contributed by atoms with Crippen LogP contribution in [0.5, 0.6) is 0 Å². The first kappa shape index (κ1) is 17.3. The van der Waals surface area contributed by atoms with Gasteiger partial charge in [0.1, 0.15) is 5.01 Å². The molecule has 1 saturated carbocycles. The summed E-state index contributed by atoms with van der Waals surface area (Å²) in [7, 11) is 0. The molecule has 0 bridgehead atoms. The molecule has 7 heteroatoms. The maximum atomic E-state index is 12.4. The van der Waals surface area contributed by atoms with E-state index in [1.54, 1.807) is 11.3 Å². The van der Waals surface area contributed by atoms with Gasteiger partial charge in [-0.25, -0.2) is 4.79 Å². The van der Waals surface area contributed by atoms with Crippen LogP contribution < -0.4 is 10.2 Å². The number of nitrogens with one attached hydrogen (secondary N) is 1. The molecular formula is C19H25N5OS. The van der Waals surface area contributed by atoms with Crippen molar-refractivity contribution in [2.45, 2.75) is 38.0 Å². The van der Waals surface area contributed by atoms with Crippen molar-refractivity contribution in [2.24, 2.45) is 0 Å². The minimum Gasteiger partial charge on any atom is -0.343 e. The third kappa shape index (κ3) is 3.98.